The van der Waals surface area contributed by atoms with Gasteiger partial charge >= 0.3 is 0 Å². The summed E-state index contributed by atoms with van der Waals surface area (Å²) in [7, 11) is -4.20. The fourth-order valence-corrected chi connectivity index (χ4v) is 6.18. The second-order valence-corrected chi connectivity index (χ2v) is 12.7. The van der Waals surface area contributed by atoms with Crippen molar-refractivity contribution in [3.05, 3.63) is 92.9 Å². The van der Waals surface area contributed by atoms with E-state index in [2.05, 4.69) is 5.32 Å². The lowest BCUT2D eigenvalue weighted by atomic mass is 10.1. The van der Waals surface area contributed by atoms with Crippen LogP contribution in [-0.4, -0.2) is 43.8 Å². The molecular formula is C29H32Cl3N3O4S. The number of sulfonamides is 1. The Morgan fingerprint density at radius 1 is 0.900 bits per heavy atom. The maximum absolute atomic E-state index is 14.1. The number of carbonyl (C=O) groups is 2. The van der Waals surface area contributed by atoms with Gasteiger partial charge in [0, 0.05) is 33.2 Å². The third-order valence-electron chi connectivity index (χ3n) is 6.21. The van der Waals surface area contributed by atoms with Crippen molar-refractivity contribution >= 4 is 62.3 Å². The van der Waals surface area contributed by atoms with Crippen molar-refractivity contribution in [1.29, 1.82) is 0 Å². The Labute approximate surface area is 251 Å². The molecule has 1 N–H and O–H groups in total. The Hall–Kier alpha value is -2.78. The van der Waals surface area contributed by atoms with Crippen molar-refractivity contribution in [1.82, 2.24) is 10.2 Å². The van der Waals surface area contributed by atoms with Gasteiger partial charge in [-0.25, -0.2) is 8.42 Å². The normalized spacial score (nSPS) is 12.2. The molecule has 214 valence electrons. The van der Waals surface area contributed by atoms with Crippen LogP contribution in [0.1, 0.15) is 38.3 Å². The fraction of sp³-hybridized carbons (Fsp3) is 0.310. The van der Waals surface area contributed by atoms with Crippen molar-refractivity contribution in [2.24, 2.45) is 0 Å². The first-order valence-corrected chi connectivity index (χ1v) is 15.3. The SMILES string of the molecule is CC[C@H](C(=O)NC(C)C)N(Cc1c(Cl)cccc1Cl)C(=O)CN(c1ccc(C)cc1)S(=O)(=O)c1ccc(Cl)cc1. The van der Waals surface area contributed by atoms with E-state index >= 15 is 0 Å². The maximum Gasteiger partial charge on any atom is 0.264 e. The first-order valence-electron chi connectivity index (χ1n) is 12.7. The third-order valence-corrected chi connectivity index (χ3v) is 8.96. The molecule has 1 atom stereocenters. The molecule has 0 spiro atoms. The van der Waals surface area contributed by atoms with E-state index in [0.29, 0.717) is 26.3 Å². The topological polar surface area (TPSA) is 86.8 Å². The van der Waals surface area contributed by atoms with Crippen molar-refractivity contribution in [3.8, 4) is 0 Å². The smallest absolute Gasteiger partial charge is 0.264 e. The molecule has 0 aromatic heterocycles. The summed E-state index contributed by atoms with van der Waals surface area (Å²) in [5.74, 6) is -0.962. The molecule has 2 amide bonds. The highest BCUT2D eigenvalue weighted by molar-refractivity contribution is 7.92. The van der Waals surface area contributed by atoms with Crippen molar-refractivity contribution in [3.63, 3.8) is 0 Å². The van der Waals surface area contributed by atoms with E-state index in [1.54, 1.807) is 49.4 Å². The molecule has 3 aromatic rings. The molecule has 0 aliphatic rings. The van der Waals surface area contributed by atoms with E-state index in [-0.39, 0.29) is 29.8 Å². The number of nitrogens with one attached hydrogen (secondary N) is 1. The molecule has 0 unspecified atom stereocenters. The second-order valence-electron chi connectivity index (χ2n) is 9.61. The summed E-state index contributed by atoms with van der Waals surface area (Å²) in [6.45, 7) is 6.63. The van der Waals surface area contributed by atoms with Crippen molar-refractivity contribution in [2.45, 2.75) is 57.6 Å². The summed E-state index contributed by atoms with van der Waals surface area (Å²) >= 11 is 18.9. The minimum atomic E-state index is -4.20. The van der Waals surface area contributed by atoms with Crippen LogP contribution in [0.4, 0.5) is 5.69 Å². The molecule has 11 heteroatoms. The molecule has 0 aliphatic heterocycles. The van der Waals surface area contributed by atoms with Crippen LogP contribution in [-0.2, 0) is 26.2 Å². The Kier molecular flexibility index (Phi) is 10.9. The molecule has 0 aliphatic carbocycles. The lowest BCUT2D eigenvalue weighted by Crippen LogP contribution is -2.53. The van der Waals surface area contributed by atoms with Gasteiger partial charge < -0.3 is 10.2 Å². The molecule has 0 fully saturated rings. The summed E-state index contributed by atoms with van der Waals surface area (Å²) in [6, 6.07) is 16.4. The standard InChI is InChI=1S/C29H32Cl3N3O4S/c1-5-27(29(37)33-19(2)3)34(17-24-25(31)7-6-8-26(24)32)28(36)18-35(22-13-9-20(4)10-14-22)40(38,39)23-15-11-21(30)12-16-23/h6-16,19,27H,5,17-18H2,1-4H3,(H,33,37)/t27-/m1/s1. The van der Waals surface area contributed by atoms with Gasteiger partial charge in [-0.1, -0.05) is 65.5 Å². The largest absolute Gasteiger partial charge is 0.352 e. The van der Waals surface area contributed by atoms with Crippen LogP contribution >= 0.6 is 34.8 Å². The molecule has 40 heavy (non-hydrogen) atoms. The summed E-state index contributed by atoms with van der Waals surface area (Å²) in [5.41, 5.74) is 1.67. The van der Waals surface area contributed by atoms with E-state index in [1.807, 2.05) is 20.8 Å². The highest BCUT2D eigenvalue weighted by Crippen LogP contribution is 2.29. The summed E-state index contributed by atoms with van der Waals surface area (Å²) in [6.07, 6.45) is 0.279. The van der Waals surface area contributed by atoms with E-state index in [0.717, 1.165) is 9.87 Å². The van der Waals surface area contributed by atoms with Gasteiger partial charge in [0.15, 0.2) is 0 Å². The van der Waals surface area contributed by atoms with Gasteiger partial charge in [-0.05, 0) is 75.7 Å². The lowest BCUT2D eigenvalue weighted by Gasteiger charge is -2.34. The highest BCUT2D eigenvalue weighted by Gasteiger charge is 2.34. The lowest BCUT2D eigenvalue weighted by molar-refractivity contribution is -0.140. The number of halogens is 3. The van der Waals surface area contributed by atoms with E-state index < -0.39 is 28.5 Å². The number of rotatable bonds is 11. The second kappa shape index (κ2) is 13.7. The summed E-state index contributed by atoms with van der Waals surface area (Å²) in [5, 5.41) is 3.88. The number of carbonyl (C=O) groups excluding carboxylic acids is 2. The number of amides is 2. The van der Waals surface area contributed by atoms with Crippen LogP contribution in [0, 0.1) is 6.92 Å². The maximum atomic E-state index is 14.1. The zero-order chi connectivity index (χ0) is 29.6. The predicted octanol–water partition coefficient (Wildman–Crippen LogP) is 6.48. The first kappa shape index (κ1) is 31.7. The van der Waals surface area contributed by atoms with Gasteiger partial charge in [0.1, 0.15) is 12.6 Å². The molecular weight excluding hydrogens is 593 g/mol. The van der Waals surface area contributed by atoms with Crippen LogP contribution < -0.4 is 9.62 Å². The average molecular weight is 625 g/mol. The van der Waals surface area contributed by atoms with E-state index in [1.165, 1.54) is 29.2 Å². The van der Waals surface area contributed by atoms with Crippen LogP contribution in [0.25, 0.3) is 0 Å². The van der Waals surface area contributed by atoms with E-state index in [9.17, 15) is 18.0 Å². The van der Waals surface area contributed by atoms with Crippen LogP contribution in [0.3, 0.4) is 0 Å². The van der Waals surface area contributed by atoms with Gasteiger partial charge in [-0.3, -0.25) is 13.9 Å². The summed E-state index contributed by atoms with van der Waals surface area (Å²) in [4.78, 5) is 28.6. The average Bonchev–Trinajstić information content (AvgIpc) is 2.89. The molecule has 0 heterocycles. The van der Waals surface area contributed by atoms with E-state index in [4.69, 9.17) is 34.8 Å². The number of aryl methyl sites for hydroxylation is 1. The fourth-order valence-electron chi connectivity index (χ4n) is 4.13. The van der Waals surface area contributed by atoms with Crippen molar-refractivity contribution < 1.29 is 18.0 Å². The molecule has 0 saturated carbocycles. The van der Waals surface area contributed by atoms with Crippen LogP contribution in [0.15, 0.2) is 71.6 Å². The summed E-state index contributed by atoms with van der Waals surface area (Å²) < 4.78 is 28.8. The first-order chi connectivity index (χ1) is 18.8. The van der Waals surface area contributed by atoms with Gasteiger partial charge in [0.2, 0.25) is 11.8 Å². The number of anilines is 1. The van der Waals surface area contributed by atoms with Gasteiger partial charge in [-0.15, -0.1) is 0 Å². The minimum Gasteiger partial charge on any atom is -0.352 e. The highest BCUT2D eigenvalue weighted by atomic mass is 35.5. The van der Waals surface area contributed by atoms with Gasteiger partial charge in [-0.2, -0.15) is 0 Å². The third kappa shape index (κ3) is 7.69. The van der Waals surface area contributed by atoms with Crippen LogP contribution in [0.5, 0.6) is 0 Å². The Morgan fingerprint density at radius 3 is 2.00 bits per heavy atom. The van der Waals surface area contributed by atoms with Crippen molar-refractivity contribution in [2.75, 3.05) is 10.8 Å². The minimum absolute atomic E-state index is 0.0319. The van der Waals surface area contributed by atoms with Crippen LogP contribution in [0.2, 0.25) is 15.1 Å². The zero-order valence-corrected chi connectivity index (χ0v) is 25.8. The van der Waals surface area contributed by atoms with Gasteiger partial charge in [0.05, 0.1) is 10.6 Å². The molecule has 3 rings (SSSR count). The number of nitrogens with zero attached hydrogens (tertiary/aromatic N) is 2. The number of hydrogen-bond donors (Lipinski definition) is 1. The molecule has 0 bridgehead atoms. The molecule has 3 aromatic carbocycles. The Morgan fingerprint density at radius 2 is 1.48 bits per heavy atom. The monoisotopic (exact) mass is 623 g/mol. The molecule has 7 nitrogen and oxygen atoms in total. The number of hydrogen-bond acceptors (Lipinski definition) is 4. The quantitative estimate of drug-likeness (QED) is 0.265. The number of benzene rings is 3. The molecule has 0 radical (unpaired) electrons. The molecule has 0 saturated heterocycles. The zero-order valence-electron chi connectivity index (χ0n) is 22.7. The predicted molar refractivity (Wildman–Crippen MR) is 162 cm³/mol. The van der Waals surface area contributed by atoms with Gasteiger partial charge in [0.25, 0.3) is 10.0 Å². The Balaban J connectivity index is 2.10. The Bertz CT molecular complexity index is 1430.